The summed E-state index contributed by atoms with van der Waals surface area (Å²) in [6.07, 6.45) is 1.15. The second-order valence-electron chi connectivity index (χ2n) is 5.27. The molecule has 1 N–H and O–H groups in total. The fourth-order valence-electron chi connectivity index (χ4n) is 1.66. The Morgan fingerprint density at radius 1 is 1.47 bits per heavy atom. The molecule has 0 aliphatic carbocycles. The SMILES string of the molecule is Cc1c(NC(=O)OC(C)(C)C)cc2ccnn2c1Cl. The molecule has 2 rings (SSSR count). The first kappa shape index (κ1) is 13.7. The minimum atomic E-state index is -0.539. The summed E-state index contributed by atoms with van der Waals surface area (Å²) in [5, 5.41) is 7.27. The van der Waals surface area contributed by atoms with Crippen LogP contribution in [0.25, 0.3) is 5.52 Å². The topological polar surface area (TPSA) is 55.6 Å². The van der Waals surface area contributed by atoms with E-state index in [0.29, 0.717) is 10.8 Å². The van der Waals surface area contributed by atoms with Crippen molar-refractivity contribution in [2.45, 2.75) is 33.3 Å². The number of aromatic nitrogens is 2. The number of hydrogen-bond acceptors (Lipinski definition) is 3. The van der Waals surface area contributed by atoms with Gasteiger partial charge in [0.25, 0.3) is 0 Å². The second kappa shape index (κ2) is 4.74. The number of nitrogens with one attached hydrogen (secondary N) is 1. The van der Waals surface area contributed by atoms with Crippen molar-refractivity contribution in [3.63, 3.8) is 0 Å². The Morgan fingerprint density at radius 2 is 2.16 bits per heavy atom. The van der Waals surface area contributed by atoms with E-state index < -0.39 is 11.7 Å². The smallest absolute Gasteiger partial charge is 0.412 e. The molecule has 1 amide bonds. The van der Waals surface area contributed by atoms with Gasteiger partial charge < -0.3 is 4.74 Å². The zero-order valence-electron chi connectivity index (χ0n) is 11.3. The molecule has 102 valence electrons. The molecule has 0 aliphatic heterocycles. The normalized spacial score (nSPS) is 11.6. The van der Waals surface area contributed by atoms with E-state index in [1.165, 1.54) is 0 Å². The van der Waals surface area contributed by atoms with E-state index in [4.69, 9.17) is 16.3 Å². The summed E-state index contributed by atoms with van der Waals surface area (Å²) < 4.78 is 6.82. The largest absolute Gasteiger partial charge is 0.444 e. The fraction of sp³-hybridized carbons (Fsp3) is 0.385. The van der Waals surface area contributed by atoms with Crippen LogP contribution in [0.1, 0.15) is 26.3 Å². The number of carbonyl (C=O) groups is 1. The Kier molecular flexibility index (Phi) is 3.41. The molecular formula is C13H16ClN3O2. The number of anilines is 1. The highest BCUT2D eigenvalue weighted by Gasteiger charge is 2.18. The van der Waals surface area contributed by atoms with Crippen LogP contribution >= 0.6 is 11.6 Å². The van der Waals surface area contributed by atoms with Gasteiger partial charge in [-0.2, -0.15) is 5.10 Å². The van der Waals surface area contributed by atoms with E-state index in [9.17, 15) is 4.79 Å². The first-order valence-electron chi connectivity index (χ1n) is 5.91. The van der Waals surface area contributed by atoms with Gasteiger partial charge in [-0.15, -0.1) is 0 Å². The van der Waals surface area contributed by atoms with Crippen molar-refractivity contribution in [1.82, 2.24) is 9.61 Å². The number of ether oxygens (including phenoxy) is 1. The monoisotopic (exact) mass is 281 g/mol. The van der Waals surface area contributed by atoms with Crippen LogP contribution in [0.15, 0.2) is 18.3 Å². The van der Waals surface area contributed by atoms with Crippen molar-refractivity contribution in [2.75, 3.05) is 5.32 Å². The third kappa shape index (κ3) is 2.98. The molecule has 0 bridgehead atoms. The molecule has 0 aliphatic rings. The van der Waals surface area contributed by atoms with Gasteiger partial charge in [-0.25, -0.2) is 9.31 Å². The van der Waals surface area contributed by atoms with Crippen LogP contribution in [0.5, 0.6) is 0 Å². The molecule has 6 heteroatoms. The highest BCUT2D eigenvalue weighted by atomic mass is 35.5. The van der Waals surface area contributed by atoms with E-state index in [-0.39, 0.29) is 0 Å². The summed E-state index contributed by atoms with van der Waals surface area (Å²) in [6.45, 7) is 7.25. The predicted octanol–water partition coefficient (Wildman–Crippen LogP) is 3.64. The zero-order valence-corrected chi connectivity index (χ0v) is 12.1. The van der Waals surface area contributed by atoms with Crippen molar-refractivity contribution in [1.29, 1.82) is 0 Å². The Morgan fingerprint density at radius 3 is 2.79 bits per heavy atom. The van der Waals surface area contributed by atoms with Gasteiger partial charge in [0.05, 0.1) is 17.4 Å². The van der Waals surface area contributed by atoms with E-state index in [2.05, 4.69) is 10.4 Å². The van der Waals surface area contributed by atoms with Crippen LogP contribution in [-0.4, -0.2) is 21.3 Å². The molecule has 0 unspecified atom stereocenters. The molecule has 0 saturated heterocycles. The molecule has 2 heterocycles. The number of fused-ring (bicyclic) bond motifs is 1. The Labute approximate surface area is 116 Å². The lowest BCUT2D eigenvalue weighted by atomic mass is 10.2. The first-order valence-corrected chi connectivity index (χ1v) is 6.28. The summed E-state index contributed by atoms with van der Waals surface area (Å²) in [7, 11) is 0. The third-order valence-electron chi connectivity index (χ3n) is 2.50. The molecule has 0 saturated carbocycles. The number of rotatable bonds is 1. The van der Waals surface area contributed by atoms with Crippen LogP contribution in [0, 0.1) is 6.92 Å². The van der Waals surface area contributed by atoms with Crippen molar-refractivity contribution in [2.24, 2.45) is 0 Å². The van der Waals surface area contributed by atoms with Gasteiger partial charge in [0.2, 0.25) is 0 Å². The van der Waals surface area contributed by atoms with Crippen LogP contribution in [0.2, 0.25) is 5.15 Å². The maximum atomic E-state index is 11.8. The Hall–Kier alpha value is -1.75. The first-order chi connectivity index (χ1) is 8.78. The van der Waals surface area contributed by atoms with Crippen LogP contribution in [-0.2, 0) is 4.74 Å². The van der Waals surface area contributed by atoms with Gasteiger partial charge in [-0.05, 0) is 39.8 Å². The van der Waals surface area contributed by atoms with Gasteiger partial charge >= 0.3 is 6.09 Å². The van der Waals surface area contributed by atoms with Crippen molar-refractivity contribution in [3.05, 3.63) is 29.0 Å². The minimum absolute atomic E-state index is 0.466. The minimum Gasteiger partial charge on any atom is -0.444 e. The highest BCUT2D eigenvalue weighted by Crippen LogP contribution is 2.26. The molecule has 2 aromatic heterocycles. The maximum absolute atomic E-state index is 11.8. The molecule has 0 aromatic carbocycles. The number of pyridine rings is 1. The Bertz CT molecular complexity index is 629. The van der Waals surface area contributed by atoms with E-state index in [1.807, 2.05) is 33.8 Å². The average Bonchev–Trinajstić information content (AvgIpc) is 2.71. The summed E-state index contributed by atoms with van der Waals surface area (Å²) >= 11 is 6.20. The summed E-state index contributed by atoms with van der Waals surface area (Å²) in [5.41, 5.74) is 1.63. The second-order valence-corrected chi connectivity index (χ2v) is 5.63. The van der Waals surface area contributed by atoms with Gasteiger partial charge in [0, 0.05) is 5.56 Å². The van der Waals surface area contributed by atoms with Crippen molar-refractivity contribution in [3.8, 4) is 0 Å². The van der Waals surface area contributed by atoms with E-state index >= 15 is 0 Å². The third-order valence-corrected chi connectivity index (χ3v) is 2.94. The highest BCUT2D eigenvalue weighted by molar-refractivity contribution is 6.31. The van der Waals surface area contributed by atoms with Gasteiger partial charge in [0.15, 0.2) is 0 Å². The summed E-state index contributed by atoms with van der Waals surface area (Å²) in [5.74, 6) is 0. The molecule has 0 atom stereocenters. The Balaban J connectivity index is 2.30. The molecular weight excluding hydrogens is 266 g/mol. The van der Waals surface area contributed by atoms with Gasteiger partial charge in [-0.1, -0.05) is 11.6 Å². The quantitative estimate of drug-likeness (QED) is 0.812. The van der Waals surface area contributed by atoms with Crippen LogP contribution in [0.4, 0.5) is 10.5 Å². The average molecular weight is 282 g/mol. The van der Waals surface area contributed by atoms with Crippen molar-refractivity contribution < 1.29 is 9.53 Å². The zero-order chi connectivity index (χ0) is 14.2. The van der Waals surface area contributed by atoms with Crippen LogP contribution in [0.3, 0.4) is 0 Å². The fourth-order valence-corrected chi connectivity index (χ4v) is 1.90. The standard InChI is InChI=1S/C13H16ClN3O2/c1-8-10(16-12(18)19-13(2,3)4)7-9-5-6-15-17(9)11(8)14/h5-7H,1-4H3,(H,16,18). The number of carbonyl (C=O) groups excluding carboxylic acids is 1. The predicted molar refractivity (Wildman–Crippen MR) is 74.8 cm³/mol. The van der Waals surface area contributed by atoms with Crippen molar-refractivity contribution >= 4 is 28.9 Å². The van der Waals surface area contributed by atoms with Gasteiger partial charge in [0.1, 0.15) is 10.8 Å². The van der Waals surface area contributed by atoms with E-state index in [0.717, 1.165) is 11.1 Å². The van der Waals surface area contributed by atoms with Crippen LogP contribution < -0.4 is 5.32 Å². The molecule has 5 nitrogen and oxygen atoms in total. The molecule has 0 fully saturated rings. The lowest BCUT2D eigenvalue weighted by molar-refractivity contribution is 0.0636. The number of amides is 1. The lowest BCUT2D eigenvalue weighted by Crippen LogP contribution is -2.27. The summed E-state index contributed by atoms with van der Waals surface area (Å²) in [4.78, 5) is 11.8. The molecule has 19 heavy (non-hydrogen) atoms. The number of hydrogen-bond donors (Lipinski definition) is 1. The lowest BCUT2D eigenvalue weighted by Gasteiger charge is -2.20. The summed E-state index contributed by atoms with van der Waals surface area (Å²) in [6, 6.07) is 3.61. The maximum Gasteiger partial charge on any atom is 0.412 e. The molecule has 0 radical (unpaired) electrons. The molecule has 2 aromatic rings. The van der Waals surface area contributed by atoms with Gasteiger partial charge in [-0.3, -0.25) is 5.32 Å². The number of nitrogens with zero attached hydrogens (tertiary/aromatic N) is 2. The number of halogens is 1. The van der Waals surface area contributed by atoms with E-state index in [1.54, 1.807) is 16.8 Å². The molecule has 0 spiro atoms.